The molecule has 0 spiro atoms. The quantitative estimate of drug-likeness (QED) is 0.721. The number of hydrogen-bond donors (Lipinski definition) is 2. The van der Waals surface area contributed by atoms with Gasteiger partial charge in [0.1, 0.15) is 11.5 Å². The molecule has 0 aliphatic rings. The van der Waals surface area contributed by atoms with Crippen molar-refractivity contribution in [3.8, 4) is 11.5 Å². The normalized spacial score (nSPS) is 10.8. The Morgan fingerprint density at radius 2 is 1.79 bits per heavy atom. The lowest BCUT2D eigenvalue weighted by Crippen LogP contribution is -2.22. The molecule has 3 nitrogen and oxygen atoms in total. The third kappa shape index (κ3) is 2.64. The average Bonchev–Trinajstić information content (AvgIpc) is 2.19. The molecule has 1 aromatic rings. The van der Waals surface area contributed by atoms with Gasteiger partial charge in [-0.2, -0.15) is 0 Å². The SMILES string of the molecule is CCN(CC)Cc1cc(O)ccc1O. The maximum Gasteiger partial charge on any atom is 0.120 e. The van der Waals surface area contributed by atoms with Gasteiger partial charge in [0.2, 0.25) is 0 Å². The van der Waals surface area contributed by atoms with Crippen LogP contribution in [0.15, 0.2) is 18.2 Å². The fourth-order valence-electron chi connectivity index (χ4n) is 1.39. The number of rotatable bonds is 4. The van der Waals surface area contributed by atoms with Crippen molar-refractivity contribution in [3.05, 3.63) is 23.8 Å². The first-order valence-corrected chi connectivity index (χ1v) is 4.90. The molecule has 0 amide bonds. The van der Waals surface area contributed by atoms with E-state index in [1.165, 1.54) is 12.1 Å². The van der Waals surface area contributed by atoms with E-state index in [0.29, 0.717) is 6.54 Å². The smallest absolute Gasteiger partial charge is 0.120 e. The minimum atomic E-state index is 0.199. The van der Waals surface area contributed by atoms with E-state index in [4.69, 9.17) is 0 Å². The Hall–Kier alpha value is -1.22. The van der Waals surface area contributed by atoms with Crippen molar-refractivity contribution < 1.29 is 10.2 Å². The van der Waals surface area contributed by atoms with Crippen LogP contribution in [0.25, 0.3) is 0 Å². The Balaban J connectivity index is 2.79. The van der Waals surface area contributed by atoms with Gasteiger partial charge in [0, 0.05) is 12.1 Å². The Morgan fingerprint density at radius 3 is 2.36 bits per heavy atom. The average molecular weight is 195 g/mol. The Labute approximate surface area is 84.6 Å². The molecule has 0 aliphatic carbocycles. The standard InChI is InChI=1S/C11H17NO2/c1-3-12(4-2)8-9-7-10(13)5-6-11(9)14/h5-7,13-14H,3-4,8H2,1-2H3. The lowest BCUT2D eigenvalue weighted by molar-refractivity contribution is 0.290. The number of aromatic hydroxyl groups is 2. The van der Waals surface area contributed by atoms with E-state index in [-0.39, 0.29) is 11.5 Å². The number of nitrogens with zero attached hydrogens (tertiary/aromatic N) is 1. The molecule has 0 aromatic heterocycles. The summed E-state index contributed by atoms with van der Waals surface area (Å²) in [5.74, 6) is 0.444. The molecule has 0 saturated heterocycles. The third-order valence-corrected chi connectivity index (χ3v) is 2.35. The summed E-state index contributed by atoms with van der Waals surface area (Å²) < 4.78 is 0. The molecule has 0 unspecified atom stereocenters. The van der Waals surface area contributed by atoms with E-state index < -0.39 is 0 Å². The van der Waals surface area contributed by atoms with Gasteiger partial charge in [-0.15, -0.1) is 0 Å². The molecular formula is C11H17NO2. The zero-order chi connectivity index (χ0) is 10.6. The Kier molecular flexibility index (Phi) is 3.77. The fourth-order valence-corrected chi connectivity index (χ4v) is 1.39. The van der Waals surface area contributed by atoms with E-state index in [0.717, 1.165) is 18.7 Å². The van der Waals surface area contributed by atoms with Crippen LogP contribution in [-0.4, -0.2) is 28.2 Å². The summed E-state index contributed by atoms with van der Waals surface area (Å²) in [5.41, 5.74) is 0.772. The van der Waals surface area contributed by atoms with Gasteiger partial charge in [-0.3, -0.25) is 4.90 Å². The summed E-state index contributed by atoms with van der Waals surface area (Å²) in [4.78, 5) is 2.18. The lowest BCUT2D eigenvalue weighted by Gasteiger charge is -2.18. The van der Waals surface area contributed by atoms with E-state index in [9.17, 15) is 10.2 Å². The van der Waals surface area contributed by atoms with Crippen LogP contribution in [0.5, 0.6) is 11.5 Å². The molecule has 2 N–H and O–H groups in total. The van der Waals surface area contributed by atoms with Crippen LogP contribution in [0.4, 0.5) is 0 Å². The van der Waals surface area contributed by atoms with E-state index in [1.807, 2.05) is 0 Å². The van der Waals surface area contributed by atoms with E-state index in [1.54, 1.807) is 6.07 Å². The molecule has 78 valence electrons. The van der Waals surface area contributed by atoms with Crippen molar-refractivity contribution in [1.29, 1.82) is 0 Å². The van der Waals surface area contributed by atoms with Crippen molar-refractivity contribution in [2.75, 3.05) is 13.1 Å². The highest BCUT2D eigenvalue weighted by Crippen LogP contribution is 2.23. The maximum absolute atomic E-state index is 9.54. The first kappa shape index (κ1) is 10.9. The van der Waals surface area contributed by atoms with Crippen LogP contribution in [0.2, 0.25) is 0 Å². The molecule has 0 heterocycles. The topological polar surface area (TPSA) is 43.7 Å². The third-order valence-electron chi connectivity index (χ3n) is 2.35. The summed E-state index contributed by atoms with van der Waals surface area (Å²) in [7, 11) is 0. The molecule has 0 aliphatic heterocycles. The van der Waals surface area contributed by atoms with Crippen LogP contribution in [-0.2, 0) is 6.54 Å². The molecule has 0 atom stereocenters. The number of phenols is 2. The summed E-state index contributed by atoms with van der Waals surface area (Å²) >= 11 is 0. The van der Waals surface area contributed by atoms with E-state index >= 15 is 0 Å². The molecule has 1 rings (SSSR count). The van der Waals surface area contributed by atoms with Crippen LogP contribution in [0.1, 0.15) is 19.4 Å². The second kappa shape index (κ2) is 4.86. The number of benzene rings is 1. The highest BCUT2D eigenvalue weighted by Gasteiger charge is 2.06. The predicted octanol–water partition coefficient (Wildman–Crippen LogP) is 1.94. The molecule has 0 radical (unpaired) electrons. The van der Waals surface area contributed by atoms with Gasteiger partial charge in [-0.1, -0.05) is 13.8 Å². The summed E-state index contributed by atoms with van der Waals surface area (Å²) in [5, 5.41) is 18.8. The molecular weight excluding hydrogens is 178 g/mol. The van der Waals surface area contributed by atoms with Crippen LogP contribution >= 0.6 is 0 Å². The van der Waals surface area contributed by atoms with Gasteiger partial charge in [0.25, 0.3) is 0 Å². The van der Waals surface area contributed by atoms with Crippen molar-refractivity contribution >= 4 is 0 Å². The second-order valence-corrected chi connectivity index (χ2v) is 3.27. The number of phenolic OH excluding ortho intramolecular Hbond substituents is 2. The van der Waals surface area contributed by atoms with Crippen molar-refractivity contribution in [2.24, 2.45) is 0 Å². The lowest BCUT2D eigenvalue weighted by atomic mass is 10.2. The molecule has 14 heavy (non-hydrogen) atoms. The fraction of sp³-hybridized carbons (Fsp3) is 0.455. The first-order chi connectivity index (χ1) is 6.67. The van der Waals surface area contributed by atoms with Gasteiger partial charge < -0.3 is 10.2 Å². The summed E-state index contributed by atoms with van der Waals surface area (Å²) in [6, 6.07) is 4.61. The Morgan fingerprint density at radius 1 is 1.14 bits per heavy atom. The van der Waals surface area contributed by atoms with E-state index in [2.05, 4.69) is 18.7 Å². The molecule has 0 saturated carbocycles. The number of hydrogen-bond acceptors (Lipinski definition) is 3. The zero-order valence-corrected chi connectivity index (χ0v) is 8.70. The predicted molar refractivity (Wildman–Crippen MR) is 56.4 cm³/mol. The largest absolute Gasteiger partial charge is 0.508 e. The minimum absolute atomic E-state index is 0.199. The summed E-state index contributed by atoms with van der Waals surface area (Å²) in [6.45, 7) is 6.69. The Bertz CT molecular complexity index is 295. The molecule has 0 fully saturated rings. The molecule has 3 heteroatoms. The van der Waals surface area contributed by atoms with Crippen molar-refractivity contribution in [3.63, 3.8) is 0 Å². The molecule has 1 aromatic carbocycles. The van der Waals surface area contributed by atoms with Gasteiger partial charge in [0.15, 0.2) is 0 Å². The monoisotopic (exact) mass is 195 g/mol. The maximum atomic E-state index is 9.54. The summed E-state index contributed by atoms with van der Waals surface area (Å²) in [6.07, 6.45) is 0. The van der Waals surface area contributed by atoms with Gasteiger partial charge in [-0.05, 0) is 31.3 Å². The van der Waals surface area contributed by atoms with Gasteiger partial charge in [0.05, 0.1) is 0 Å². The van der Waals surface area contributed by atoms with Crippen molar-refractivity contribution in [2.45, 2.75) is 20.4 Å². The zero-order valence-electron chi connectivity index (χ0n) is 8.70. The van der Waals surface area contributed by atoms with Gasteiger partial charge in [-0.25, -0.2) is 0 Å². The minimum Gasteiger partial charge on any atom is -0.508 e. The van der Waals surface area contributed by atoms with Gasteiger partial charge >= 0.3 is 0 Å². The highest BCUT2D eigenvalue weighted by molar-refractivity contribution is 5.38. The molecule has 0 bridgehead atoms. The first-order valence-electron chi connectivity index (χ1n) is 4.90. The second-order valence-electron chi connectivity index (χ2n) is 3.27. The van der Waals surface area contributed by atoms with Crippen LogP contribution in [0, 0.1) is 0 Å². The highest BCUT2D eigenvalue weighted by atomic mass is 16.3. The van der Waals surface area contributed by atoms with Crippen LogP contribution in [0.3, 0.4) is 0 Å². The van der Waals surface area contributed by atoms with Crippen molar-refractivity contribution in [1.82, 2.24) is 4.90 Å². The van der Waals surface area contributed by atoms with Crippen LogP contribution < -0.4 is 0 Å².